The molecule has 1 N–H and O–H groups in total. The fourth-order valence-corrected chi connectivity index (χ4v) is 3.22. The Labute approximate surface area is 142 Å². The van der Waals surface area contributed by atoms with Crippen molar-refractivity contribution in [3.8, 4) is 0 Å². The van der Waals surface area contributed by atoms with E-state index in [0.717, 1.165) is 19.2 Å². The van der Waals surface area contributed by atoms with Crippen molar-refractivity contribution in [2.45, 2.75) is 19.4 Å². The lowest BCUT2D eigenvalue weighted by atomic mass is 10.2. The maximum absolute atomic E-state index is 13.7. The van der Waals surface area contributed by atoms with Crippen LogP contribution in [-0.4, -0.2) is 63.1 Å². The quantitative estimate of drug-likeness (QED) is 0.818. The van der Waals surface area contributed by atoms with Gasteiger partial charge in [-0.25, -0.2) is 17.5 Å². The fraction of sp³-hybridized carbons (Fsp3) is 0.562. The molecule has 0 aliphatic carbocycles. The topological polar surface area (TPSA) is 69.7 Å². The Hall–Kier alpha value is -1.51. The van der Waals surface area contributed by atoms with Crippen molar-refractivity contribution in [2.75, 3.05) is 39.0 Å². The third kappa shape index (κ3) is 6.18. The number of rotatable bonds is 6. The number of amides is 1. The highest BCUT2D eigenvalue weighted by atomic mass is 32.2. The van der Waals surface area contributed by atoms with Crippen molar-refractivity contribution in [1.29, 1.82) is 0 Å². The zero-order valence-corrected chi connectivity index (χ0v) is 14.7. The number of nitrogens with zero attached hydrogens (tertiary/aromatic N) is 2. The van der Waals surface area contributed by atoms with Crippen molar-refractivity contribution < 1.29 is 17.6 Å². The van der Waals surface area contributed by atoms with Gasteiger partial charge in [0.15, 0.2) is 0 Å². The lowest BCUT2D eigenvalue weighted by molar-refractivity contribution is -0.130. The fourth-order valence-electron chi connectivity index (χ4n) is 2.75. The Balaban J connectivity index is 1.81. The minimum absolute atomic E-state index is 0.0566. The van der Waals surface area contributed by atoms with E-state index in [2.05, 4.69) is 9.62 Å². The third-order valence-corrected chi connectivity index (χ3v) is 4.72. The van der Waals surface area contributed by atoms with Crippen LogP contribution in [-0.2, 0) is 21.4 Å². The molecule has 1 amide bonds. The van der Waals surface area contributed by atoms with Gasteiger partial charge in [0.05, 0.1) is 6.26 Å². The number of nitrogens with one attached hydrogen (secondary N) is 1. The van der Waals surface area contributed by atoms with E-state index < -0.39 is 10.0 Å². The lowest BCUT2D eigenvalue weighted by Crippen LogP contribution is -2.37. The van der Waals surface area contributed by atoms with Crippen LogP contribution in [0.4, 0.5) is 4.39 Å². The standard InChI is InChI=1S/C16H24FN3O3S/c1-24(22,23)18-8-7-16(21)20-10-4-9-19(11-12-20)13-14-5-2-3-6-15(14)17/h2-3,5-6,18H,4,7-13H2,1H3. The largest absolute Gasteiger partial charge is 0.341 e. The highest BCUT2D eigenvalue weighted by Gasteiger charge is 2.19. The normalized spacial score (nSPS) is 16.8. The summed E-state index contributed by atoms with van der Waals surface area (Å²) in [6.07, 6.45) is 2.05. The Morgan fingerprint density at radius 2 is 1.96 bits per heavy atom. The van der Waals surface area contributed by atoms with Gasteiger partial charge in [0.1, 0.15) is 5.82 Å². The molecule has 2 rings (SSSR count). The van der Waals surface area contributed by atoms with Gasteiger partial charge in [0.25, 0.3) is 0 Å². The molecular formula is C16H24FN3O3S. The average Bonchev–Trinajstić information content (AvgIpc) is 2.74. The van der Waals surface area contributed by atoms with Crippen LogP contribution in [0.2, 0.25) is 0 Å². The summed E-state index contributed by atoms with van der Waals surface area (Å²) in [5.41, 5.74) is 0.662. The maximum Gasteiger partial charge on any atom is 0.223 e. The van der Waals surface area contributed by atoms with Crippen molar-refractivity contribution >= 4 is 15.9 Å². The molecule has 1 aromatic carbocycles. The van der Waals surface area contributed by atoms with Crippen molar-refractivity contribution in [3.05, 3.63) is 35.6 Å². The highest BCUT2D eigenvalue weighted by molar-refractivity contribution is 7.88. The summed E-state index contributed by atoms with van der Waals surface area (Å²) in [4.78, 5) is 16.1. The van der Waals surface area contributed by atoms with E-state index in [1.54, 1.807) is 17.0 Å². The van der Waals surface area contributed by atoms with E-state index in [4.69, 9.17) is 0 Å². The van der Waals surface area contributed by atoms with Crippen molar-refractivity contribution in [3.63, 3.8) is 0 Å². The van der Waals surface area contributed by atoms with Gasteiger partial charge in [-0.3, -0.25) is 9.69 Å². The molecule has 134 valence electrons. The van der Waals surface area contributed by atoms with Crippen LogP contribution in [0.5, 0.6) is 0 Å². The van der Waals surface area contributed by atoms with Crippen molar-refractivity contribution in [2.24, 2.45) is 0 Å². The van der Waals surface area contributed by atoms with Crippen LogP contribution in [0.15, 0.2) is 24.3 Å². The van der Waals surface area contributed by atoms with Gasteiger partial charge in [-0.2, -0.15) is 0 Å². The summed E-state index contributed by atoms with van der Waals surface area (Å²) < 4.78 is 38.1. The molecule has 1 fully saturated rings. The van der Waals surface area contributed by atoms with Crippen molar-refractivity contribution in [1.82, 2.24) is 14.5 Å². The molecule has 1 aliphatic rings. The molecule has 1 saturated heterocycles. The summed E-state index contributed by atoms with van der Waals surface area (Å²) in [5, 5.41) is 0. The molecule has 24 heavy (non-hydrogen) atoms. The first kappa shape index (κ1) is 18.8. The van der Waals surface area contributed by atoms with E-state index in [1.165, 1.54) is 6.07 Å². The molecular weight excluding hydrogens is 333 g/mol. The molecule has 1 aromatic rings. The molecule has 1 heterocycles. The Morgan fingerprint density at radius 3 is 2.67 bits per heavy atom. The molecule has 0 atom stereocenters. The second-order valence-corrected chi connectivity index (χ2v) is 7.85. The molecule has 0 saturated carbocycles. The zero-order valence-electron chi connectivity index (χ0n) is 13.9. The third-order valence-electron chi connectivity index (χ3n) is 4.00. The molecule has 0 radical (unpaired) electrons. The summed E-state index contributed by atoms with van der Waals surface area (Å²) in [7, 11) is -3.27. The van der Waals surface area contributed by atoms with E-state index in [9.17, 15) is 17.6 Å². The Kier molecular flexibility index (Phi) is 6.70. The number of hydrogen-bond acceptors (Lipinski definition) is 4. The number of carbonyl (C=O) groups is 1. The van der Waals surface area contributed by atoms with Gasteiger partial charge in [0.2, 0.25) is 15.9 Å². The summed E-state index contributed by atoms with van der Waals surface area (Å²) in [5.74, 6) is -0.263. The van der Waals surface area contributed by atoms with E-state index in [-0.39, 0.29) is 24.7 Å². The van der Waals surface area contributed by atoms with Gasteiger partial charge in [-0.15, -0.1) is 0 Å². The molecule has 0 bridgehead atoms. The van der Waals surface area contributed by atoms with E-state index >= 15 is 0 Å². The number of halogens is 1. The maximum atomic E-state index is 13.7. The first-order valence-electron chi connectivity index (χ1n) is 8.03. The van der Waals surface area contributed by atoms with Gasteiger partial charge in [-0.05, 0) is 12.5 Å². The Morgan fingerprint density at radius 1 is 1.21 bits per heavy atom. The van der Waals surface area contributed by atoms with Crippen LogP contribution in [0.1, 0.15) is 18.4 Å². The van der Waals surface area contributed by atoms with Gasteiger partial charge < -0.3 is 4.90 Å². The van der Waals surface area contributed by atoms with Crippen LogP contribution in [0.3, 0.4) is 0 Å². The zero-order chi connectivity index (χ0) is 17.6. The number of benzene rings is 1. The van der Waals surface area contributed by atoms with Gasteiger partial charge in [0, 0.05) is 51.3 Å². The number of sulfonamides is 1. The van der Waals surface area contributed by atoms with E-state index in [0.29, 0.717) is 31.7 Å². The average molecular weight is 357 g/mol. The molecule has 0 unspecified atom stereocenters. The Bertz CT molecular complexity index is 666. The number of hydrogen-bond donors (Lipinski definition) is 1. The van der Waals surface area contributed by atoms with Crippen LogP contribution >= 0.6 is 0 Å². The number of carbonyl (C=O) groups excluding carboxylic acids is 1. The first-order valence-corrected chi connectivity index (χ1v) is 9.92. The second kappa shape index (κ2) is 8.55. The monoisotopic (exact) mass is 357 g/mol. The van der Waals surface area contributed by atoms with Crippen LogP contribution in [0.25, 0.3) is 0 Å². The molecule has 0 aromatic heterocycles. The summed E-state index contributed by atoms with van der Waals surface area (Å²) in [6.45, 7) is 3.36. The minimum atomic E-state index is -3.27. The van der Waals surface area contributed by atoms with Gasteiger partial charge in [-0.1, -0.05) is 18.2 Å². The van der Waals surface area contributed by atoms with Crippen LogP contribution in [0, 0.1) is 5.82 Å². The highest BCUT2D eigenvalue weighted by Crippen LogP contribution is 2.12. The first-order chi connectivity index (χ1) is 11.3. The SMILES string of the molecule is CS(=O)(=O)NCCC(=O)N1CCCN(Cc2ccccc2F)CC1. The molecule has 1 aliphatic heterocycles. The molecule has 0 spiro atoms. The predicted molar refractivity (Wildman–Crippen MR) is 90.3 cm³/mol. The predicted octanol–water partition coefficient (Wildman–Crippen LogP) is 0.799. The lowest BCUT2D eigenvalue weighted by Gasteiger charge is -2.22. The molecule has 8 heteroatoms. The van der Waals surface area contributed by atoms with Crippen LogP contribution < -0.4 is 4.72 Å². The smallest absolute Gasteiger partial charge is 0.223 e. The second-order valence-electron chi connectivity index (χ2n) is 6.02. The minimum Gasteiger partial charge on any atom is -0.341 e. The van der Waals surface area contributed by atoms with E-state index in [1.807, 2.05) is 6.07 Å². The van der Waals surface area contributed by atoms with Gasteiger partial charge >= 0.3 is 0 Å². The summed E-state index contributed by atoms with van der Waals surface area (Å²) >= 11 is 0. The molecule has 6 nitrogen and oxygen atoms in total. The summed E-state index contributed by atoms with van der Waals surface area (Å²) in [6, 6.07) is 6.73.